The molecule has 1 aromatic rings. The third-order valence-corrected chi connectivity index (χ3v) is 4.61. The van der Waals surface area contributed by atoms with E-state index in [1.807, 2.05) is 18.2 Å². The van der Waals surface area contributed by atoms with Gasteiger partial charge in [-0.3, -0.25) is 4.79 Å². The van der Waals surface area contributed by atoms with Crippen LogP contribution in [0.5, 0.6) is 0 Å². The molecule has 0 spiro atoms. The second-order valence-corrected chi connectivity index (χ2v) is 6.12. The fourth-order valence-electron chi connectivity index (χ4n) is 2.38. The Hall–Kier alpha value is -2.33. The number of carbonyl (C=O) groups is 2. The Morgan fingerprint density at radius 3 is 2.83 bits per heavy atom. The highest BCUT2D eigenvalue weighted by atomic mass is 32.1. The van der Waals surface area contributed by atoms with E-state index in [1.165, 1.54) is 0 Å². The van der Waals surface area contributed by atoms with E-state index in [1.54, 1.807) is 6.92 Å². The van der Waals surface area contributed by atoms with Crippen molar-refractivity contribution in [2.45, 2.75) is 32.8 Å². The van der Waals surface area contributed by atoms with Gasteiger partial charge in [0.15, 0.2) is 0 Å². The molecular formula is C16H18N2O4S. The summed E-state index contributed by atoms with van der Waals surface area (Å²) in [5.74, 6) is -1.05. The van der Waals surface area contributed by atoms with Crippen molar-refractivity contribution >= 4 is 28.3 Å². The van der Waals surface area contributed by atoms with Gasteiger partial charge in [0.25, 0.3) is 0 Å². The Labute approximate surface area is 138 Å². The van der Waals surface area contributed by atoms with Crippen molar-refractivity contribution in [2.75, 3.05) is 12.3 Å². The number of carbonyl (C=O) groups excluding carboxylic acids is 2. The van der Waals surface area contributed by atoms with Crippen LogP contribution >= 0.6 is 11.3 Å². The van der Waals surface area contributed by atoms with Crippen LogP contribution in [-0.2, 0) is 20.9 Å². The molecule has 0 unspecified atom stereocenters. The monoisotopic (exact) mass is 334 g/mol. The topological polar surface area (TPSA) is 102 Å². The van der Waals surface area contributed by atoms with Gasteiger partial charge in [-0.15, -0.1) is 11.3 Å². The first-order valence-electron chi connectivity index (χ1n) is 7.38. The van der Waals surface area contributed by atoms with Gasteiger partial charge in [-0.25, -0.2) is 4.79 Å². The number of rotatable bonds is 5. The molecule has 7 heteroatoms. The van der Waals surface area contributed by atoms with Crippen LogP contribution in [0.4, 0.5) is 5.00 Å². The number of esters is 2. The van der Waals surface area contributed by atoms with E-state index in [0.717, 1.165) is 24.2 Å². The predicted molar refractivity (Wildman–Crippen MR) is 85.7 cm³/mol. The van der Waals surface area contributed by atoms with Crippen LogP contribution in [-0.4, -0.2) is 18.5 Å². The first kappa shape index (κ1) is 17.0. The Morgan fingerprint density at radius 2 is 2.22 bits per heavy atom. The van der Waals surface area contributed by atoms with Crippen molar-refractivity contribution in [3.05, 3.63) is 28.2 Å². The number of allylic oxidation sites excluding steroid dienone is 2. The first-order valence-corrected chi connectivity index (χ1v) is 8.20. The van der Waals surface area contributed by atoms with E-state index in [4.69, 9.17) is 15.2 Å². The van der Waals surface area contributed by atoms with Gasteiger partial charge < -0.3 is 15.2 Å². The zero-order valence-corrected chi connectivity index (χ0v) is 13.6. The molecule has 0 aromatic carbocycles. The molecule has 2 N–H and O–H groups in total. The summed E-state index contributed by atoms with van der Waals surface area (Å²) in [6.45, 7) is 1.76. The second kappa shape index (κ2) is 7.79. The summed E-state index contributed by atoms with van der Waals surface area (Å²) in [5, 5.41) is 9.44. The summed E-state index contributed by atoms with van der Waals surface area (Å²) in [4.78, 5) is 24.3. The fourth-order valence-corrected chi connectivity index (χ4v) is 3.29. The lowest BCUT2D eigenvalue weighted by Gasteiger charge is -2.16. The molecule has 1 aromatic heterocycles. The predicted octanol–water partition coefficient (Wildman–Crippen LogP) is 2.78. The number of nitriles is 1. The Balaban J connectivity index is 2.14. The van der Waals surface area contributed by atoms with Crippen LogP contribution in [0.25, 0.3) is 0 Å². The molecule has 122 valence electrons. The summed E-state index contributed by atoms with van der Waals surface area (Å²) in [7, 11) is 0. The van der Waals surface area contributed by atoms with E-state index < -0.39 is 5.97 Å². The van der Waals surface area contributed by atoms with E-state index in [9.17, 15) is 14.9 Å². The minimum atomic E-state index is -0.558. The minimum Gasteiger partial charge on any atom is -0.462 e. The molecule has 1 aliphatic carbocycles. The molecular weight excluding hydrogens is 316 g/mol. The summed E-state index contributed by atoms with van der Waals surface area (Å²) >= 11 is 0.979. The van der Waals surface area contributed by atoms with Gasteiger partial charge in [-0.1, -0.05) is 12.2 Å². The SMILES string of the molecule is CCOC(=O)c1sc(N)c(C#N)c1COC(=O)[C@@H]1CC=CCC1. The minimum absolute atomic E-state index is 0.149. The summed E-state index contributed by atoms with van der Waals surface area (Å²) in [6.07, 6.45) is 6.25. The number of nitrogen functional groups attached to an aromatic ring is 1. The van der Waals surface area contributed by atoms with Gasteiger partial charge in [0.2, 0.25) is 0 Å². The van der Waals surface area contributed by atoms with Gasteiger partial charge in [-0.2, -0.15) is 5.26 Å². The van der Waals surface area contributed by atoms with E-state index in [-0.39, 0.29) is 40.5 Å². The lowest BCUT2D eigenvalue weighted by molar-refractivity contribution is -0.150. The van der Waals surface area contributed by atoms with Gasteiger partial charge in [-0.05, 0) is 26.2 Å². The number of thiophene rings is 1. The third-order valence-electron chi connectivity index (χ3n) is 3.57. The molecule has 0 saturated heterocycles. The standard InChI is InChI=1S/C16H18N2O4S/c1-2-21-16(20)13-12(11(8-17)14(18)23-13)9-22-15(19)10-6-4-3-5-7-10/h3-4,10H,2,5-7,9,18H2,1H3/t10-/m1/s1. The van der Waals surface area contributed by atoms with Gasteiger partial charge in [0.1, 0.15) is 22.6 Å². The molecule has 0 saturated carbocycles. The van der Waals surface area contributed by atoms with Crippen LogP contribution in [0.2, 0.25) is 0 Å². The summed E-state index contributed by atoms with van der Waals surface area (Å²) < 4.78 is 10.3. The molecule has 2 rings (SSSR count). The number of ether oxygens (including phenoxy) is 2. The van der Waals surface area contributed by atoms with Crippen molar-refractivity contribution in [1.29, 1.82) is 5.26 Å². The molecule has 0 radical (unpaired) electrons. The Kier molecular flexibility index (Phi) is 5.77. The van der Waals surface area contributed by atoms with Crippen molar-refractivity contribution in [1.82, 2.24) is 0 Å². The third kappa shape index (κ3) is 3.90. The van der Waals surface area contributed by atoms with Crippen molar-refractivity contribution < 1.29 is 19.1 Å². The lowest BCUT2D eigenvalue weighted by atomic mass is 9.95. The molecule has 1 heterocycles. The smallest absolute Gasteiger partial charge is 0.348 e. The fraction of sp³-hybridized carbons (Fsp3) is 0.438. The molecule has 1 atom stereocenters. The number of nitrogens with zero attached hydrogens (tertiary/aromatic N) is 1. The molecule has 6 nitrogen and oxygen atoms in total. The lowest BCUT2D eigenvalue weighted by Crippen LogP contribution is -2.19. The van der Waals surface area contributed by atoms with E-state index in [2.05, 4.69) is 0 Å². The van der Waals surface area contributed by atoms with Crippen molar-refractivity contribution in [3.63, 3.8) is 0 Å². The van der Waals surface area contributed by atoms with E-state index in [0.29, 0.717) is 12.0 Å². The Morgan fingerprint density at radius 1 is 1.43 bits per heavy atom. The molecule has 1 aliphatic rings. The second-order valence-electron chi connectivity index (χ2n) is 5.07. The van der Waals surface area contributed by atoms with Gasteiger partial charge >= 0.3 is 11.9 Å². The molecule has 0 fully saturated rings. The zero-order valence-electron chi connectivity index (χ0n) is 12.8. The maximum atomic E-state index is 12.1. The van der Waals surface area contributed by atoms with Gasteiger partial charge in [0.05, 0.1) is 18.1 Å². The number of anilines is 1. The molecule has 0 amide bonds. The van der Waals surface area contributed by atoms with Crippen molar-refractivity contribution in [3.8, 4) is 6.07 Å². The zero-order chi connectivity index (χ0) is 16.8. The highest BCUT2D eigenvalue weighted by Crippen LogP contribution is 2.32. The highest BCUT2D eigenvalue weighted by Gasteiger charge is 2.26. The quantitative estimate of drug-likeness (QED) is 0.656. The number of nitrogens with two attached hydrogens (primary N) is 1. The molecule has 23 heavy (non-hydrogen) atoms. The average Bonchev–Trinajstić information content (AvgIpc) is 2.89. The summed E-state index contributed by atoms with van der Waals surface area (Å²) in [6, 6.07) is 1.96. The highest BCUT2D eigenvalue weighted by molar-refractivity contribution is 7.18. The normalized spacial score (nSPS) is 16.6. The maximum absolute atomic E-state index is 12.1. The van der Waals surface area contributed by atoms with E-state index >= 15 is 0 Å². The number of hydrogen-bond donors (Lipinski definition) is 1. The van der Waals surface area contributed by atoms with Crippen LogP contribution in [0, 0.1) is 17.2 Å². The van der Waals surface area contributed by atoms with Crippen LogP contribution in [0.1, 0.15) is 47.0 Å². The first-order chi connectivity index (χ1) is 11.1. The largest absolute Gasteiger partial charge is 0.462 e. The van der Waals surface area contributed by atoms with Gasteiger partial charge in [0, 0.05) is 5.56 Å². The van der Waals surface area contributed by atoms with Crippen LogP contribution < -0.4 is 5.73 Å². The molecule has 0 aliphatic heterocycles. The average molecular weight is 334 g/mol. The number of hydrogen-bond acceptors (Lipinski definition) is 7. The van der Waals surface area contributed by atoms with Crippen LogP contribution in [0.3, 0.4) is 0 Å². The maximum Gasteiger partial charge on any atom is 0.348 e. The summed E-state index contributed by atoms with van der Waals surface area (Å²) in [5.41, 5.74) is 6.28. The van der Waals surface area contributed by atoms with Crippen molar-refractivity contribution in [2.24, 2.45) is 5.92 Å². The molecule has 0 bridgehead atoms. The van der Waals surface area contributed by atoms with Crippen LogP contribution in [0.15, 0.2) is 12.2 Å². The Bertz CT molecular complexity index is 672.